The molecule has 1 aliphatic heterocycles. The molecule has 0 aliphatic carbocycles. The molecule has 0 atom stereocenters. The summed E-state index contributed by atoms with van der Waals surface area (Å²) in [7, 11) is 2.03. The third kappa shape index (κ3) is 2.68. The van der Waals surface area contributed by atoms with Gasteiger partial charge in [0.05, 0.1) is 0 Å². The average Bonchev–Trinajstić information content (AvgIpc) is 2.64. The Bertz CT molecular complexity index is 883. The summed E-state index contributed by atoms with van der Waals surface area (Å²) in [4.78, 5) is 15.2. The first-order valence-electron chi connectivity index (χ1n) is 8.35. The maximum Gasteiger partial charge on any atom is 0.323 e. The SMILES string of the molecule is Cc1ccc(OC(=O)C2c3ccccc3N(C)c3ccccc32)cc1. The number of para-hydroxylation sites is 2. The third-order valence-electron chi connectivity index (χ3n) is 4.69. The number of rotatable bonds is 2. The summed E-state index contributed by atoms with van der Waals surface area (Å²) in [5.41, 5.74) is 5.15. The topological polar surface area (TPSA) is 29.5 Å². The molecule has 0 bridgehead atoms. The molecule has 3 heteroatoms. The van der Waals surface area contributed by atoms with Crippen LogP contribution in [-0.2, 0) is 4.79 Å². The molecule has 0 aromatic heterocycles. The van der Waals surface area contributed by atoms with Crippen molar-refractivity contribution in [2.45, 2.75) is 12.8 Å². The average molecular weight is 329 g/mol. The van der Waals surface area contributed by atoms with Crippen molar-refractivity contribution in [3.05, 3.63) is 89.5 Å². The first-order valence-corrected chi connectivity index (χ1v) is 8.35. The molecule has 0 spiro atoms. The Morgan fingerprint density at radius 1 is 0.840 bits per heavy atom. The normalized spacial score (nSPS) is 13.1. The van der Waals surface area contributed by atoms with Crippen LogP contribution in [0.3, 0.4) is 0 Å². The minimum atomic E-state index is -0.426. The lowest BCUT2D eigenvalue weighted by atomic mass is 9.85. The lowest BCUT2D eigenvalue weighted by molar-refractivity contribution is -0.135. The predicted octanol–water partition coefficient (Wildman–Crippen LogP) is 4.81. The van der Waals surface area contributed by atoms with E-state index in [0.29, 0.717) is 5.75 Å². The summed E-state index contributed by atoms with van der Waals surface area (Å²) in [6.45, 7) is 2.01. The standard InChI is InChI=1S/C22H19NO2/c1-15-11-13-16(14-12-15)25-22(24)21-17-7-3-5-9-19(17)23(2)20-10-6-4-8-18(20)21/h3-14,21H,1-2H3. The molecule has 0 amide bonds. The predicted molar refractivity (Wildman–Crippen MR) is 99.6 cm³/mol. The minimum Gasteiger partial charge on any atom is -0.426 e. The monoisotopic (exact) mass is 329 g/mol. The second-order valence-corrected chi connectivity index (χ2v) is 6.34. The van der Waals surface area contributed by atoms with E-state index in [1.165, 1.54) is 0 Å². The van der Waals surface area contributed by atoms with Gasteiger partial charge in [0.15, 0.2) is 0 Å². The van der Waals surface area contributed by atoms with E-state index in [-0.39, 0.29) is 5.97 Å². The van der Waals surface area contributed by atoms with Gasteiger partial charge in [-0.1, -0.05) is 54.1 Å². The zero-order chi connectivity index (χ0) is 17.4. The molecule has 0 radical (unpaired) electrons. The van der Waals surface area contributed by atoms with Crippen molar-refractivity contribution in [2.75, 3.05) is 11.9 Å². The van der Waals surface area contributed by atoms with Crippen LogP contribution in [-0.4, -0.2) is 13.0 Å². The van der Waals surface area contributed by atoms with E-state index in [1.54, 1.807) is 0 Å². The van der Waals surface area contributed by atoms with Gasteiger partial charge in [-0.25, -0.2) is 0 Å². The highest BCUT2D eigenvalue weighted by Crippen LogP contribution is 2.44. The molecule has 3 nitrogen and oxygen atoms in total. The number of carbonyl (C=O) groups is 1. The van der Waals surface area contributed by atoms with E-state index >= 15 is 0 Å². The summed E-state index contributed by atoms with van der Waals surface area (Å²) >= 11 is 0. The quantitative estimate of drug-likeness (QED) is 0.499. The molecule has 4 rings (SSSR count). The van der Waals surface area contributed by atoms with Crippen LogP contribution in [0.2, 0.25) is 0 Å². The number of hydrogen-bond acceptors (Lipinski definition) is 3. The van der Waals surface area contributed by atoms with Gasteiger partial charge in [0.1, 0.15) is 11.7 Å². The maximum absolute atomic E-state index is 13.0. The molecule has 25 heavy (non-hydrogen) atoms. The molecule has 3 aromatic carbocycles. The van der Waals surface area contributed by atoms with Crippen LogP contribution >= 0.6 is 0 Å². The van der Waals surface area contributed by atoms with Crippen molar-refractivity contribution in [1.82, 2.24) is 0 Å². The van der Waals surface area contributed by atoms with Crippen LogP contribution in [0.25, 0.3) is 0 Å². The van der Waals surface area contributed by atoms with E-state index in [2.05, 4.69) is 4.90 Å². The van der Waals surface area contributed by atoms with Crippen LogP contribution in [0.5, 0.6) is 5.75 Å². The number of hydrogen-bond donors (Lipinski definition) is 0. The number of esters is 1. The van der Waals surface area contributed by atoms with Gasteiger partial charge < -0.3 is 9.64 Å². The first kappa shape index (κ1) is 15.5. The number of anilines is 2. The summed E-state index contributed by atoms with van der Waals surface area (Å²) in [5.74, 6) is -0.105. The summed E-state index contributed by atoms with van der Waals surface area (Å²) in [5, 5.41) is 0. The van der Waals surface area contributed by atoms with E-state index in [1.807, 2.05) is 86.8 Å². The smallest absolute Gasteiger partial charge is 0.323 e. The summed E-state index contributed by atoms with van der Waals surface area (Å²) in [6, 6.07) is 23.6. The van der Waals surface area contributed by atoms with Crippen molar-refractivity contribution in [3.8, 4) is 5.75 Å². The van der Waals surface area contributed by atoms with Crippen LogP contribution in [0.15, 0.2) is 72.8 Å². The fourth-order valence-electron chi connectivity index (χ4n) is 3.41. The van der Waals surface area contributed by atoms with Gasteiger partial charge in [-0.3, -0.25) is 4.79 Å². The van der Waals surface area contributed by atoms with Gasteiger partial charge in [-0.15, -0.1) is 0 Å². The van der Waals surface area contributed by atoms with Gasteiger partial charge in [0.25, 0.3) is 0 Å². The lowest BCUT2D eigenvalue weighted by Crippen LogP contribution is -2.28. The van der Waals surface area contributed by atoms with Crippen LogP contribution in [0.1, 0.15) is 22.6 Å². The van der Waals surface area contributed by atoms with Gasteiger partial charge in [0, 0.05) is 18.4 Å². The van der Waals surface area contributed by atoms with Crippen LogP contribution in [0.4, 0.5) is 11.4 Å². The molecule has 124 valence electrons. The number of aryl methyl sites for hydroxylation is 1. The number of benzene rings is 3. The van der Waals surface area contributed by atoms with E-state index < -0.39 is 5.92 Å². The van der Waals surface area contributed by atoms with E-state index in [0.717, 1.165) is 28.1 Å². The first-order chi connectivity index (χ1) is 12.1. The molecule has 0 fully saturated rings. The Morgan fingerprint density at radius 3 is 1.92 bits per heavy atom. The molecule has 1 aliphatic rings. The zero-order valence-corrected chi connectivity index (χ0v) is 14.3. The molecule has 0 saturated carbocycles. The molecular formula is C22H19NO2. The van der Waals surface area contributed by atoms with Crippen molar-refractivity contribution in [3.63, 3.8) is 0 Å². The highest BCUT2D eigenvalue weighted by Gasteiger charge is 2.34. The number of fused-ring (bicyclic) bond motifs is 2. The van der Waals surface area contributed by atoms with E-state index in [4.69, 9.17) is 4.74 Å². The van der Waals surface area contributed by atoms with Gasteiger partial charge >= 0.3 is 5.97 Å². The fourth-order valence-corrected chi connectivity index (χ4v) is 3.41. The van der Waals surface area contributed by atoms with Crippen molar-refractivity contribution >= 4 is 17.3 Å². The molecular weight excluding hydrogens is 310 g/mol. The summed E-state index contributed by atoms with van der Waals surface area (Å²) < 4.78 is 5.70. The molecule has 1 heterocycles. The van der Waals surface area contributed by atoms with Crippen molar-refractivity contribution in [2.24, 2.45) is 0 Å². The number of nitrogens with zero attached hydrogens (tertiary/aromatic N) is 1. The van der Waals surface area contributed by atoms with Gasteiger partial charge in [-0.05, 0) is 42.3 Å². The fraction of sp³-hybridized carbons (Fsp3) is 0.136. The second-order valence-electron chi connectivity index (χ2n) is 6.34. The second kappa shape index (κ2) is 6.10. The maximum atomic E-state index is 13.0. The molecule has 0 saturated heterocycles. The Balaban J connectivity index is 1.77. The number of ether oxygens (including phenoxy) is 1. The molecule has 0 unspecified atom stereocenters. The molecule has 0 N–H and O–H groups in total. The Morgan fingerprint density at radius 2 is 1.36 bits per heavy atom. The Kier molecular flexibility index (Phi) is 3.77. The van der Waals surface area contributed by atoms with Crippen LogP contribution in [0, 0.1) is 6.92 Å². The van der Waals surface area contributed by atoms with Crippen molar-refractivity contribution in [1.29, 1.82) is 0 Å². The third-order valence-corrected chi connectivity index (χ3v) is 4.69. The Labute approximate surface area is 147 Å². The van der Waals surface area contributed by atoms with E-state index in [9.17, 15) is 4.79 Å². The van der Waals surface area contributed by atoms with Gasteiger partial charge in [-0.2, -0.15) is 0 Å². The highest BCUT2D eigenvalue weighted by molar-refractivity contribution is 5.92. The number of carbonyl (C=O) groups excluding carboxylic acids is 1. The Hall–Kier alpha value is -3.07. The minimum absolute atomic E-state index is 0.253. The zero-order valence-electron chi connectivity index (χ0n) is 14.3. The molecule has 3 aromatic rings. The largest absolute Gasteiger partial charge is 0.426 e. The lowest BCUT2D eigenvalue weighted by Gasteiger charge is -2.34. The van der Waals surface area contributed by atoms with Crippen LogP contribution < -0.4 is 9.64 Å². The highest BCUT2D eigenvalue weighted by atomic mass is 16.5. The van der Waals surface area contributed by atoms with Gasteiger partial charge in [0.2, 0.25) is 0 Å². The van der Waals surface area contributed by atoms with Crippen molar-refractivity contribution < 1.29 is 9.53 Å². The summed E-state index contributed by atoms with van der Waals surface area (Å²) in [6.07, 6.45) is 0.